The van der Waals surface area contributed by atoms with E-state index in [1.54, 1.807) is 21.3 Å². The number of nitrogens with one attached hydrogen (secondary N) is 1. The second kappa shape index (κ2) is 5.65. The van der Waals surface area contributed by atoms with Crippen LogP contribution in [0.2, 0.25) is 0 Å². The van der Waals surface area contributed by atoms with E-state index in [9.17, 15) is 22.4 Å². The second-order valence-corrected chi connectivity index (χ2v) is 5.54. The Morgan fingerprint density at radius 2 is 1.96 bits per heavy atom. The van der Waals surface area contributed by atoms with Gasteiger partial charge in [0.25, 0.3) is 5.91 Å². The van der Waals surface area contributed by atoms with Crippen molar-refractivity contribution in [1.29, 1.82) is 0 Å². The van der Waals surface area contributed by atoms with Crippen molar-refractivity contribution in [3.8, 4) is 11.3 Å². The highest BCUT2D eigenvalue weighted by Crippen LogP contribution is 2.28. The van der Waals surface area contributed by atoms with Crippen LogP contribution in [0.25, 0.3) is 16.2 Å². The second-order valence-electron chi connectivity index (χ2n) is 4.67. The maximum absolute atomic E-state index is 13.1. The molecule has 3 aromatic rings. The van der Waals surface area contributed by atoms with Crippen LogP contribution in [0.5, 0.6) is 0 Å². The van der Waals surface area contributed by atoms with Crippen molar-refractivity contribution in [1.82, 2.24) is 14.7 Å². The molecule has 0 saturated carbocycles. The Morgan fingerprint density at radius 3 is 2.61 bits per heavy atom. The van der Waals surface area contributed by atoms with Crippen molar-refractivity contribution in [2.75, 3.05) is 6.54 Å². The minimum Gasteiger partial charge on any atom is -0.342 e. The van der Waals surface area contributed by atoms with Crippen LogP contribution >= 0.6 is 11.3 Å². The summed E-state index contributed by atoms with van der Waals surface area (Å²) < 4.78 is 51.4. The van der Waals surface area contributed by atoms with Crippen molar-refractivity contribution >= 4 is 22.2 Å². The van der Waals surface area contributed by atoms with E-state index in [1.165, 1.54) is 35.6 Å². The molecule has 1 aromatic carbocycles. The molecule has 0 unspecified atom stereocenters. The maximum atomic E-state index is 13.1. The van der Waals surface area contributed by atoms with Gasteiger partial charge in [-0.15, -0.1) is 11.3 Å². The highest BCUT2D eigenvalue weighted by Gasteiger charge is 2.29. The number of amides is 1. The first kappa shape index (κ1) is 15.5. The number of halogens is 4. The summed E-state index contributed by atoms with van der Waals surface area (Å²) in [5.74, 6) is -1.39. The lowest BCUT2D eigenvalue weighted by molar-refractivity contribution is -0.123. The number of fused-ring (bicyclic) bond motifs is 1. The van der Waals surface area contributed by atoms with Crippen molar-refractivity contribution in [3.63, 3.8) is 0 Å². The summed E-state index contributed by atoms with van der Waals surface area (Å²) in [6, 6.07) is 5.30. The number of alkyl halides is 3. The third-order valence-electron chi connectivity index (χ3n) is 3.04. The predicted molar refractivity (Wildman–Crippen MR) is 76.9 cm³/mol. The third-order valence-corrected chi connectivity index (χ3v) is 3.80. The van der Waals surface area contributed by atoms with Gasteiger partial charge in [-0.3, -0.25) is 9.20 Å². The number of rotatable bonds is 3. The minimum atomic E-state index is -4.51. The van der Waals surface area contributed by atoms with Crippen LogP contribution in [-0.2, 0) is 0 Å². The van der Waals surface area contributed by atoms with Crippen molar-refractivity contribution < 1.29 is 22.4 Å². The Bertz CT molecular complexity index is 851. The van der Waals surface area contributed by atoms with Gasteiger partial charge in [-0.2, -0.15) is 13.2 Å². The number of aromatic nitrogens is 2. The lowest BCUT2D eigenvalue weighted by Gasteiger charge is -2.08. The third kappa shape index (κ3) is 3.19. The quantitative estimate of drug-likeness (QED) is 0.740. The SMILES string of the molecule is O=C(NCC(F)(F)F)c1nc2sccn2c1-c1ccc(F)cc1. The number of nitrogens with zero attached hydrogens (tertiary/aromatic N) is 2. The predicted octanol–water partition coefficient (Wildman–Crippen LogP) is 3.49. The number of benzene rings is 1. The van der Waals surface area contributed by atoms with Crippen LogP contribution in [0, 0.1) is 5.82 Å². The smallest absolute Gasteiger partial charge is 0.342 e. The molecule has 3 rings (SSSR count). The molecular weight excluding hydrogens is 334 g/mol. The summed E-state index contributed by atoms with van der Waals surface area (Å²) in [5, 5.41) is 3.53. The molecule has 2 aromatic heterocycles. The molecule has 0 aliphatic heterocycles. The summed E-state index contributed by atoms with van der Waals surface area (Å²) in [5.41, 5.74) is 0.670. The normalized spacial score (nSPS) is 11.8. The van der Waals surface area contributed by atoms with Gasteiger partial charge in [0.05, 0.1) is 5.69 Å². The number of thiazole rings is 1. The lowest BCUT2D eigenvalue weighted by Crippen LogP contribution is -2.34. The van der Waals surface area contributed by atoms with E-state index >= 15 is 0 Å². The van der Waals surface area contributed by atoms with E-state index in [2.05, 4.69) is 4.98 Å². The van der Waals surface area contributed by atoms with Gasteiger partial charge in [0.2, 0.25) is 0 Å². The number of carbonyl (C=O) groups is 1. The highest BCUT2D eigenvalue weighted by molar-refractivity contribution is 7.15. The standard InChI is InChI=1S/C14H9F4N3OS/c15-9-3-1-8(2-4-9)11-10(12(22)19-7-14(16,17)18)20-13-21(11)5-6-23-13/h1-6H,7H2,(H,19,22). The van der Waals surface area contributed by atoms with E-state index < -0.39 is 24.4 Å². The van der Waals surface area contributed by atoms with Gasteiger partial charge >= 0.3 is 6.18 Å². The Morgan fingerprint density at radius 1 is 1.26 bits per heavy atom. The zero-order chi connectivity index (χ0) is 16.6. The maximum Gasteiger partial charge on any atom is 0.405 e. The van der Waals surface area contributed by atoms with Gasteiger partial charge in [-0.1, -0.05) is 0 Å². The molecule has 1 N–H and O–H groups in total. The van der Waals surface area contributed by atoms with Crippen LogP contribution in [0.15, 0.2) is 35.8 Å². The van der Waals surface area contributed by atoms with E-state index in [0.29, 0.717) is 16.2 Å². The molecular formula is C14H9F4N3OS. The zero-order valence-corrected chi connectivity index (χ0v) is 12.2. The fourth-order valence-corrected chi connectivity index (χ4v) is 2.81. The highest BCUT2D eigenvalue weighted by atomic mass is 32.1. The molecule has 0 spiro atoms. The number of hydrogen-bond donors (Lipinski definition) is 1. The number of carbonyl (C=O) groups excluding carboxylic acids is 1. The molecule has 0 atom stereocenters. The lowest BCUT2D eigenvalue weighted by atomic mass is 10.1. The van der Waals surface area contributed by atoms with Gasteiger partial charge in [0.1, 0.15) is 12.4 Å². The first-order chi connectivity index (χ1) is 10.8. The largest absolute Gasteiger partial charge is 0.405 e. The van der Waals surface area contributed by atoms with Gasteiger partial charge in [-0.25, -0.2) is 9.37 Å². The average molecular weight is 343 g/mol. The molecule has 0 saturated heterocycles. The van der Waals surface area contributed by atoms with E-state index in [0.717, 1.165) is 0 Å². The van der Waals surface area contributed by atoms with Crippen LogP contribution in [-0.4, -0.2) is 28.0 Å². The van der Waals surface area contributed by atoms with Gasteiger partial charge in [-0.05, 0) is 24.3 Å². The molecule has 1 amide bonds. The molecule has 0 fully saturated rings. The molecule has 120 valence electrons. The molecule has 2 heterocycles. The summed E-state index contributed by atoms with van der Waals surface area (Å²) in [7, 11) is 0. The molecule has 4 nitrogen and oxygen atoms in total. The fourth-order valence-electron chi connectivity index (χ4n) is 2.09. The Kier molecular flexibility index (Phi) is 3.80. The average Bonchev–Trinajstić information content (AvgIpc) is 3.05. The van der Waals surface area contributed by atoms with Crippen LogP contribution in [0.1, 0.15) is 10.5 Å². The first-order valence-electron chi connectivity index (χ1n) is 6.41. The Balaban J connectivity index is 2.03. The molecule has 0 bridgehead atoms. The van der Waals surface area contributed by atoms with Crippen LogP contribution in [0.3, 0.4) is 0 Å². The molecule has 9 heteroatoms. The number of imidazole rings is 1. The molecule has 0 aliphatic carbocycles. The summed E-state index contributed by atoms with van der Waals surface area (Å²) in [4.78, 5) is 16.6. The molecule has 0 radical (unpaired) electrons. The van der Waals surface area contributed by atoms with Gasteiger partial charge in [0, 0.05) is 17.1 Å². The van der Waals surface area contributed by atoms with Crippen molar-refractivity contribution in [2.45, 2.75) is 6.18 Å². The van der Waals surface area contributed by atoms with Crippen LogP contribution in [0.4, 0.5) is 17.6 Å². The fraction of sp³-hybridized carbons (Fsp3) is 0.143. The summed E-state index contributed by atoms with van der Waals surface area (Å²) in [6.07, 6.45) is -2.87. The Labute approximate surface area is 131 Å². The topological polar surface area (TPSA) is 46.4 Å². The van der Waals surface area contributed by atoms with E-state index in [-0.39, 0.29) is 5.69 Å². The van der Waals surface area contributed by atoms with Crippen molar-refractivity contribution in [2.24, 2.45) is 0 Å². The summed E-state index contributed by atoms with van der Waals surface area (Å²) in [6.45, 7) is -1.44. The van der Waals surface area contributed by atoms with E-state index in [1.807, 2.05) is 0 Å². The zero-order valence-electron chi connectivity index (χ0n) is 11.4. The van der Waals surface area contributed by atoms with Crippen LogP contribution < -0.4 is 5.32 Å². The summed E-state index contributed by atoms with van der Waals surface area (Å²) >= 11 is 1.24. The number of hydrogen-bond acceptors (Lipinski definition) is 3. The Hall–Kier alpha value is -2.42. The van der Waals surface area contributed by atoms with Crippen molar-refractivity contribution in [3.05, 3.63) is 47.4 Å². The molecule has 23 heavy (non-hydrogen) atoms. The monoisotopic (exact) mass is 343 g/mol. The van der Waals surface area contributed by atoms with E-state index in [4.69, 9.17) is 0 Å². The van der Waals surface area contributed by atoms with Gasteiger partial charge < -0.3 is 5.32 Å². The minimum absolute atomic E-state index is 0.132. The first-order valence-corrected chi connectivity index (χ1v) is 7.29. The molecule has 0 aliphatic rings. The van der Waals surface area contributed by atoms with Gasteiger partial charge in [0.15, 0.2) is 10.7 Å².